The number of aliphatic imine (C=N–C) groups is 1. The van der Waals surface area contributed by atoms with Crippen molar-refractivity contribution in [3.8, 4) is 0 Å². The molecule has 2 aliphatic rings. The van der Waals surface area contributed by atoms with E-state index in [2.05, 4.69) is 4.99 Å². The molecule has 0 saturated carbocycles. The van der Waals surface area contributed by atoms with Crippen molar-refractivity contribution < 1.29 is 24.2 Å². The van der Waals surface area contributed by atoms with E-state index in [1.807, 2.05) is 6.92 Å². The Balaban J connectivity index is 0.000000200. The molecule has 0 aliphatic carbocycles. The summed E-state index contributed by atoms with van der Waals surface area (Å²) in [5.74, 6) is -0.698. The molecule has 0 aromatic carbocycles. The Bertz CT molecular complexity index is 342. The third-order valence-electron chi connectivity index (χ3n) is 4.00. The van der Waals surface area contributed by atoms with Crippen LogP contribution in [0.25, 0.3) is 0 Å². The SMILES string of the molecule is CC1(C(=O)O)CCOCC1.CC1(N=C=O)CCOCC1. The lowest BCUT2D eigenvalue weighted by molar-refractivity contribution is -0.153. The first kappa shape index (κ1) is 16.8. The first-order valence-electron chi connectivity index (χ1n) is 6.90. The van der Waals surface area contributed by atoms with Gasteiger partial charge in [0.15, 0.2) is 0 Å². The lowest BCUT2D eigenvalue weighted by Gasteiger charge is -2.28. The van der Waals surface area contributed by atoms with Crippen LogP contribution in [0.5, 0.6) is 0 Å². The molecule has 0 spiro atoms. The van der Waals surface area contributed by atoms with E-state index in [9.17, 15) is 9.59 Å². The Kier molecular flexibility index (Phi) is 6.33. The molecule has 0 aromatic rings. The largest absolute Gasteiger partial charge is 0.481 e. The van der Waals surface area contributed by atoms with Crippen LogP contribution in [0.3, 0.4) is 0 Å². The van der Waals surface area contributed by atoms with Crippen LogP contribution >= 0.6 is 0 Å². The maximum absolute atomic E-state index is 10.6. The highest BCUT2D eigenvalue weighted by molar-refractivity contribution is 5.74. The van der Waals surface area contributed by atoms with E-state index < -0.39 is 11.4 Å². The average Bonchev–Trinajstić information content (AvgIpc) is 2.41. The summed E-state index contributed by atoms with van der Waals surface area (Å²) >= 11 is 0. The number of carboxylic acids is 1. The Morgan fingerprint density at radius 2 is 1.50 bits per heavy atom. The quantitative estimate of drug-likeness (QED) is 0.617. The van der Waals surface area contributed by atoms with Crippen LogP contribution in [-0.4, -0.2) is 49.1 Å². The summed E-state index contributed by atoms with van der Waals surface area (Å²) in [5.41, 5.74) is -0.724. The molecule has 0 aromatic heterocycles. The molecule has 2 fully saturated rings. The Morgan fingerprint density at radius 1 is 1.05 bits per heavy atom. The molecule has 0 bridgehead atoms. The van der Waals surface area contributed by atoms with Gasteiger partial charge in [0, 0.05) is 26.4 Å². The predicted octanol–water partition coefficient (Wildman–Crippen LogP) is 1.78. The summed E-state index contributed by atoms with van der Waals surface area (Å²) in [5, 5.41) is 8.74. The number of isocyanates is 1. The van der Waals surface area contributed by atoms with Crippen molar-refractivity contribution in [3.63, 3.8) is 0 Å². The van der Waals surface area contributed by atoms with E-state index in [1.54, 1.807) is 13.0 Å². The van der Waals surface area contributed by atoms with Crippen molar-refractivity contribution >= 4 is 12.0 Å². The zero-order valence-electron chi connectivity index (χ0n) is 12.2. The monoisotopic (exact) mass is 285 g/mol. The first-order chi connectivity index (χ1) is 9.42. The molecule has 2 heterocycles. The third kappa shape index (κ3) is 5.04. The number of ether oxygens (including phenoxy) is 2. The summed E-state index contributed by atoms with van der Waals surface area (Å²) in [7, 11) is 0. The second-order valence-electron chi connectivity index (χ2n) is 5.79. The Hall–Kier alpha value is -1.23. The molecule has 0 radical (unpaired) electrons. The fourth-order valence-electron chi connectivity index (χ4n) is 2.07. The number of carbonyl (C=O) groups is 1. The van der Waals surface area contributed by atoms with Gasteiger partial charge in [-0.15, -0.1) is 0 Å². The highest BCUT2D eigenvalue weighted by atomic mass is 16.5. The molecule has 2 aliphatic heterocycles. The van der Waals surface area contributed by atoms with E-state index in [1.165, 1.54) is 0 Å². The van der Waals surface area contributed by atoms with Gasteiger partial charge < -0.3 is 14.6 Å². The molecular formula is C14H23NO5. The zero-order valence-corrected chi connectivity index (χ0v) is 12.2. The van der Waals surface area contributed by atoms with Gasteiger partial charge in [-0.3, -0.25) is 4.79 Å². The first-order valence-corrected chi connectivity index (χ1v) is 6.90. The second-order valence-corrected chi connectivity index (χ2v) is 5.79. The molecule has 2 rings (SSSR count). The van der Waals surface area contributed by atoms with Crippen LogP contribution in [-0.2, 0) is 19.1 Å². The summed E-state index contributed by atoms with van der Waals surface area (Å²) in [6.45, 7) is 6.33. The minimum Gasteiger partial charge on any atom is -0.481 e. The molecule has 20 heavy (non-hydrogen) atoms. The molecule has 6 nitrogen and oxygen atoms in total. The smallest absolute Gasteiger partial charge is 0.309 e. The van der Waals surface area contributed by atoms with Gasteiger partial charge in [-0.05, 0) is 39.5 Å². The normalized spacial score (nSPS) is 23.7. The van der Waals surface area contributed by atoms with Crippen LogP contribution in [0.1, 0.15) is 39.5 Å². The number of rotatable bonds is 2. The summed E-state index contributed by atoms with van der Waals surface area (Å²) in [6.07, 6.45) is 4.55. The van der Waals surface area contributed by atoms with Crippen molar-refractivity contribution in [2.75, 3.05) is 26.4 Å². The van der Waals surface area contributed by atoms with Crippen molar-refractivity contribution in [1.29, 1.82) is 0 Å². The maximum atomic E-state index is 10.6. The average molecular weight is 285 g/mol. The Morgan fingerprint density at radius 3 is 1.85 bits per heavy atom. The predicted molar refractivity (Wildman–Crippen MR) is 72.4 cm³/mol. The molecule has 114 valence electrons. The molecular weight excluding hydrogens is 262 g/mol. The maximum Gasteiger partial charge on any atom is 0.309 e. The van der Waals surface area contributed by atoms with E-state index >= 15 is 0 Å². The zero-order chi connectivity index (χ0) is 15.1. The van der Waals surface area contributed by atoms with Crippen LogP contribution < -0.4 is 0 Å². The lowest BCUT2D eigenvalue weighted by atomic mass is 9.83. The minimum absolute atomic E-state index is 0.194. The van der Waals surface area contributed by atoms with E-state index in [0.717, 1.165) is 12.8 Å². The van der Waals surface area contributed by atoms with Gasteiger partial charge in [0.2, 0.25) is 6.08 Å². The van der Waals surface area contributed by atoms with Crippen molar-refractivity contribution in [3.05, 3.63) is 0 Å². The minimum atomic E-state index is -0.698. The van der Waals surface area contributed by atoms with E-state index in [4.69, 9.17) is 14.6 Å². The van der Waals surface area contributed by atoms with Gasteiger partial charge in [-0.25, -0.2) is 4.79 Å². The highest BCUT2D eigenvalue weighted by Gasteiger charge is 2.34. The third-order valence-corrected chi connectivity index (χ3v) is 4.00. The standard InChI is InChI=1S/C7H11NO2.C7H12O3/c1-7(8-6-9)2-4-10-5-3-7;1-7(6(8)9)2-4-10-5-3-7/h2-5H2,1H3;2-5H2,1H3,(H,8,9). The molecule has 6 heteroatoms. The van der Waals surface area contributed by atoms with Crippen molar-refractivity contribution in [2.45, 2.75) is 45.1 Å². The van der Waals surface area contributed by atoms with Crippen molar-refractivity contribution in [1.82, 2.24) is 0 Å². The topological polar surface area (TPSA) is 85.2 Å². The summed E-state index contributed by atoms with van der Waals surface area (Å²) in [4.78, 5) is 24.3. The number of carbonyl (C=O) groups excluding carboxylic acids is 1. The van der Waals surface area contributed by atoms with E-state index in [0.29, 0.717) is 39.3 Å². The molecule has 0 amide bonds. The molecule has 1 N–H and O–H groups in total. The van der Waals surface area contributed by atoms with Gasteiger partial charge >= 0.3 is 5.97 Å². The molecule has 0 unspecified atom stereocenters. The van der Waals surface area contributed by atoms with Gasteiger partial charge in [0.1, 0.15) is 0 Å². The second kappa shape index (κ2) is 7.53. The molecule has 0 atom stereocenters. The van der Waals surface area contributed by atoms with Crippen LogP contribution in [0.4, 0.5) is 0 Å². The number of hydrogen-bond donors (Lipinski definition) is 1. The number of hydrogen-bond acceptors (Lipinski definition) is 5. The highest BCUT2D eigenvalue weighted by Crippen LogP contribution is 2.29. The Labute approximate surface area is 119 Å². The fraction of sp³-hybridized carbons (Fsp3) is 0.857. The van der Waals surface area contributed by atoms with E-state index in [-0.39, 0.29) is 5.54 Å². The fourth-order valence-corrected chi connectivity index (χ4v) is 2.07. The lowest BCUT2D eigenvalue weighted by Crippen LogP contribution is -2.34. The summed E-state index contributed by atoms with van der Waals surface area (Å²) in [6, 6.07) is 0. The number of carboxylic acid groups (broad SMARTS) is 1. The van der Waals surface area contributed by atoms with Gasteiger partial charge in [0.05, 0.1) is 11.0 Å². The van der Waals surface area contributed by atoms with Crippen LogP contribution in [0.15, 0.2) is 4.99 Å². The number of nitrogens with zero attached hydrogens (tertiary/aromatic N) is 1. The van der Waals surface area contributed by atoms with Gasteiger partial charge in [0.25, 0.3) is 0 Å². The number of aliphatic carboxylic acids is 1. The van der Waals surface area contributed by atoms with Crippen LogP contribution in [0, 0.1) is 5.41 Å². The van der Waals surface area contributed by atoms with Gasteiger partial charge in [-0.2, -0.15) is 4.99 Å². The van der Waals surface area contributed by atoms with Crippen LogP contribution in [0.2, 0.25) is 0 Å². The molecule has 2 saturated heterocycles. The summed E-state index contributed by atoms with van der Waals surface area (Å²) < 4.78 is 10.2. The van der Waals surface area contributed by atoms with Crippen molar-refractivity contribution in [2.24, 2.45) is 10.4 Å². The van der Waals surface area contributed by atoms with Gasteiger partial charge in [-0.1, -0.05) is 0 Å².